The Morgan fingerprint density at radius 1 is 0.750 bits per heavy atom. The van der Waals surface area contributed by atoms with Gasteiger partial charge in [-0.1, -0.05) is 54.1 Å². The lowest BCUT2D eigenvalue weighted by Crippen LogP contribution is -2.00. The van der Waals surface area contributed by atoms with Gasteiger partial charge in [-0.15, -0.1) is 11.6 Å². The van der Waals surface area contributed by atoms with Gasteiger partial charge in [0.05, 0.1) is 0 Å². The van der Waals surface area contributed by atoms with Crippen LogP contribution in [0.5, 0.6) is 0 Å². The molecule has 0 heterocycles. The summed E-state index contributed by atoms with van der Waals surface area (Å²) >= 11 is 22.3. The maximum absolute atomic E-state index is 5.58. The fraction of sp³-hybridized carbons (Fsp3) is 1.00. The van der Waals surface area contributed by atoms with Gasteiger partial charge in [-0.05, 0) is 19.3 Å². The number of alkyl halides is 4. The Morgan fingerprint density at radius 3 is 1.75 bits per heavy atom. The third-order valence-electron chi connectivity index (χ3n) is 1.59. The summed E-state index contributed by atoms with van der Waals surface area (Å²) in [5.41, 5.74) is 0. The minimum Gasteiger partial charge on any atom is -0.127 e. The van der Waals surface area contributed by atoms with Crippen molar-refractivity contribution in [3.8, 4) is 0 Å². The van der Waals surface area contributed by atoms with Crippen molar-refractivity contribution in [2.45, 2.75) is 42.3 Å². The van der Waals surface area contributed by atoms with Gasteiger partial charge < -0.3 is 0 Å². The van der Waals surface area contributed by atoms with Gasteiger partial charge in [-0.3, -0.25) is 0 Å². The Morgan fingerprint density at radius 2 is 1.25 bits per heavy atom. The molecule has 12 heavy (non-hydrogen) atoms. The van der Waals surface area contributed by atoms with E-state index in [2.05, 4.69) is 0 Å². The van der Waals surface area contributed by atoms with Crippen LogP contribution in [0.4, 0.5) is 0 Å². The zero-order valence-electron chi connectivity index (χ0n) is 6.96. The van der Waals surface area contributed by atoms with Crippen molar-refractivity contribution in [3.05, 3.63) is 0 Å². The van der Waals surface area contributed by atoms with E-state index in [1.54, 1.807) is 0 Å². The molecule has 0 aliphatic heterocycles. The predicted octanol–water partition coefficient (Wildman–Crippen LogP) is 4.94. The van der Waals surface area contributed by atoms with Crippen molar-refractivity contribution in [2.24, 2.45) is 0 Å². The SMILES string of the molecule is ClCCCCCCCC(Cl)(Cl)Cl. The Bertz CT molecular complexity index is 97.7. The van der Waals surface area contributed by atoms with Crippen molar-refractivity contribution >= 4 is 46.4 Å². The van der Waals surface area contributed by atoms with Crippen LogP contribution >= 0.6 is 46.4 Å². The van der Waals surface area contributed by atoms with Crippen molar-refractivity contribution in [3.63, 3.8) is 0 Å². The van der Waals surface area contributed by atoms with Gasteiger partial charge in [-0.25, -0.2) is 0 Å². The number of hydrogen-bond donors (Lipinski definition) is 0. The molecule has 0 saturated heterocycles. The molecule has 0 aromatic heterocycles. The minimum atomic E-state index is -1.06. The molecule has 0 radical (unpaired) electrons. The molecular weight excluding hydrogens is 238 g/mol. The average molecular weight is 252 g/mol. The van der Waals surface area contributed by atoms with Crippen molar-refractivity contribution in [1.82, 2.24) is 0 Å². The van der Waals surface area contributed by atoms with Gasteiger partial charge >= 0.3 is 0 Å². The monoisotopic (exact) mass is 250 g/mol. The summed E-state index contributed by atoms with van der Waals surface area (Å²) in [7, 11) is 0. The number of hydrogen-bond acceptors (Lipinski definition) is 0. The molecule has 0 unspecified atom stereocenters. The van der Waals surface area contributed by atoms with Gasteiger partial charge in [0, 0.05) is 5.88 Å². The third-order valence-corrected chi connectivity index (χ3v) is 2.43. The zero-order chi connectivity index (χ0) is 9.45. The van der Waals surface area contributed by atoms with Crippen molar-refractivity contribution in [2.75, 3.05) is 5.88 Å². The lowest BCUT2D eigenvalue weighted by Gasteiger charge is -2.09. The molecule has 0 N–H and O–H groups in total. The van der Waals surface area contributed by atoms with Gasteiger partial charge in [0.25, 0.3) is 0 Å². The van der Waals surface area contributed by atoms with Gasteiger partial charge in [-0.2, -0.15) is 0 Å². The first-order chi connectivity index (χ1) is 5.56. The van der Waals surface area contributed by atoms with Crippen LogP contribution in [0.3, 0.4) is 0 Å². The summed E-state index contributed by atoms with van der Waals surface area (Å²) in [6, 6.07) is 0. The maximum Gasteiger partial charge on any atom is 0.190 e. The van der Waals surface area contributed by atoms with E-state index >= 15 is 0 Å². The molecule has 0 saturated carbocycles. The molecule has 0 fully saturated rings. The molecule has 0 aromatic carbocycles. The van der Waals surface area contributed by atoms with Crippen molar-refractivity contribution in [1.29, 1.82) is 0 Å². The summed E-state index contributed by atoms with van der Waals surface area (Å²) in [5.74, 6) is 0.754. The molecule has 0 atom stereocenters. The van der Waals surface area contributed by atoms with Gasteiger partial charge in [0.1, 0.15) is 0 Å². The van der Waals surface area contributed by atoms with E-state index < -0.39 is 3.79 Å². The summed E-state index contributed by atoms with van der Waals surface area (Å²) in [5, 5.41) is 0. The highest BCUT2D eigenvalue weighted by Crippen LogP contribution is 2.32. The van der Waals surface area contributed by atoms with Crippen LogP contribution in [0, 0.1) is 0 Å². The number of rotatable bonds is 6. The quantitative estimate of drug-likeness (QED) is 0.464. The summed E-state index contributed by atoms with van der Waals surface area (Å²) < 4.78 is -1.06. The fourth-order valence-electron chi connectivity index (χ4n) is 0.950. The molecule has 4 heteroatoms. The van der Waals surface area contributed by atoms with Gasteiger partial charge in [0.2, 0.25) is 0 Å². The van der Waals surface area contributed by atoms with E-state index in [1.165, 1.54) is 12.8 Å². The highest BCUT2D eigenvalue weighted by molar-refractivity contribution is 6.67. The van der Waals surface area contributed by atoms with E-state index in [1.807, 2.05) is 0 Å². The Balaban J connectivity index is 3.01. The van der Waals surface area contributed by atoms with Crippen LogP contribution in [0.2, 0.25) is 0 Å². The first-order valence-electron chi connectivity index (χ1n) is 4.19. The van der Waals surface area contributed by atoms with E-state index in [0.29, 0.717) is 6.42 Å². The highest BCUT2D eigenvalue weighted by Gasteiger charge is 2.17. The van der Waals surface area contributed by atoms with Crippen LogP contribution in [0.15, 0.2) is 0 Å². The maximum atomic E-state index is 5.58. The lowest BCUT2D eigenvalue weighted by atomic mass is 10.1. The second-order valence-corrected chi connectivity index (χ2v) is 5.72. The Hall–Kier alpha value is 1.16. The Labute approximate surface area is 94.5 Å². The predicted molar refractivity (Wildman–Crippen MR) is 58.7 cm³/mol. The molecule has 0 spiro atoms. The molecule has 0 amide bonds. The smallest absolute Gasteiger partial charge is 0.127 e. The summed E-state index contributed by atoms with van der Waals surface area (Å²) in [4.78, 5) is 0. The lowest BCUT2D eigenvalue weighted by molar-refractivity contribution is 0.614. The largest absolute Gasteiger partial charge is 0.190 e. The van der Waals surface area contributed by atoms with Crippen LogP contribution in [-0.4, -0.2) is 9.67 Å². The third kappa shape index (κ3) is 11.2. The van der Waals surface area contributed by atoms with Crippen LogP contribution in [0.1, 0.15) is 38.5 Å². The first kappa shape index (κ1) is 13.2. The molecular formula is C8H14Cl4. The molecule has 0 aliphatic carbocycles. The molecule has 0 nitrogen and oxygen atoms in total. The minimum absolute atomic E-state index is 0.651. The Kier molecular flexibility index (Phi) is 8.28. The van der Waals surface area contributed by atoms with Crippen LogP contribution < -0.4 is 0 Å². The normalized spacial score (nSPS) is 12.0. The molecule has 74 valence electrons. The molecule has 0 bridgehead atoms. The first-order valence-corrected chi connectivity index (χ1v) is 5.86. The van der Waals surface area contributed by atoms with Crippen LogP contribution in [-0.2, 0) is 0 Å². The van der Waals surface area contributed by atoms with Crippen molar-refractivity contribution < 1.29 is 0 Å². The standard InChI is InChI=1S/C8H14Cl4/c9-7-5-3-1-2-4-6-8(10,11)12/h1-7H2. The average Bonchev–Trinajstić information content (AvgIpc) is 1.94. The van der Waals surface area contributed by atoms with E-state index in [-0.39, 0.29) is 0 Å². The fourth-order valence-corrected chi connectivity index (χ4v) is 1.54. The number of halogens is 4. The molecule has 0 aliphatic rings. The second-order valence-electron chi connectivity index (χ2n) is 2.82. The van der Waals surface area contributed by atoms with Gasteiger partial charge in [0.15, 0.2) is 3.79 Å². The van der Waals surface area contributed by atoms with E-state index in [9.17, 15) is 0 Å². The zero-order valence-corrected chi connectivity index (χ0v) is 9.99. The summed E-state index contributed by atoms with van der Waals surface area (Å²) in [6.07, 6.45) is 6.23. The molecule has 0 rings (SSSR count). The summed E-state index contributed by atoms with van der Waals surface area (Å²) in [6.45, 7) is 0. The highest BCUT2D eigenvalue weighted by atomic mass is 35.6. The number of unbranched alkanes of at least 4 members (excludes halogenated alkanes) is 4. The molecule has 0 aromatic rings. The van der Waals surface area contributed by atoms with E-state index in [4.69, 9.17) is 46.4 Å². The van der Waals surface area contributed by atoms with Crippen LogP contribution in [0.25, 0.3) is 0 Å². The second kappa shape index (κ2) is 7.55. The topological polar surface area (TPSA) is 0 Å². The van der Waals surface area contributed by atoms with E-state index in [0.717, 1.165) is 25.1 Å².